The summed E-state index contributed by atoms with van der Waals surface area (Å²) in [7, 11) is 0. The summed E-state index contributed by atoms with van der Waals surface area (Å²) < 4.78 is 1.97. The van der Waals surface area contributed by atoms with Crippen LogP contribution in [0.2, 0.25) is 0 Å². The Labute approximate surface area is 99.1 Å². The van der Waals surface area contributed by atoms with Crippen LogP contribution in [0.4, 0.5) is 5.82 Å². The highest BCUT2D eigenvalue weighted by Gasteiger charge is 2.06. The molecule has 2 aromatic heterocycles. The first-order valence-corrected chi connectivity index (χ1v) is 5.61. The van der Waals surface area contributed by atoms with Crippen molar-refractivity contribution in [2.45, 2.75) is 32.2 Å². The molecule has 2 heterocycles. The molecule has 0 aliphatic carbocycles. The minimum absolute atomic E-state index is 0.415. The van der Waals surface area contributed by atoms with E-state index in [1.807, 2.05) is 4.57 Å². The maximum absolute atomic E-state index is 8.43. The van der Waals surface area contributed by atoms with Crippen molar-refractivity contribution in [1.82, 2.24) is 19.5 Å². The van der Waals surface area contributed by atoms with Gasteiger partial charge in [0.25, 0.3) is 0 Å². The molecule has 2 N–H and O–H groups in total. The molecule has 17 heavy (non-hydrogen) atoms. The van der Waals surface area contributed by atoms with Crippen molar-refractivity contribution in [2.24, 2.45) is 0 Å². The van der Waals surface area contributed by atoms with Gasteiger partial charge in [-0.1, -0.05) is 6.42 Å². The van der Waals surface area contributed by atoms with E-state index in [4.69, 9.17) is 11.0 Å². The van der Waals surface area contributed by atoms with Crippen molar-refractivity contribution < 1.29 is 0 Å². The van der Waals surface area contributed by atoms with Gasteiger partial charge in [-0.15, -0.1) is 0 Å². The van der Waals surface area contributed by atoms with Crippen LogP contribution in [0.25, 0.3) is 11.2 Å². The van der Waals surface area contributed by atoms with E-state index in [9.17, 15) is 0 Å². The SMILES string of the molecule is N#CCCCCCn1cnc2c(N)ncnc21. The molecule has 0 saturated carbocycles. The average Bonchev–Trinajstić information content (AvgIpc) is 2.74. The van der Waals surface area contributed by atoms with E-state index >= 15 is 0 Å². The molecule has 0 aromatic carbocycles. The van der Waals surface area contributed by atoms with Gasteiger partial charge in [0.15, 0.2) is 11.5 Å². The van der Waals surface area contributed by atoms with Gasteiger partial charge in [-0.2, -0.15) is 5.26 Å². The van der Waals surface area contributed by atoms with Gasteiger partial charge >= 0.3 is 0 Å². The van der Waals surface area contributed by atoms with Crippen molar-refractivity contribution in [3.8, 4) is 6.07 Å². The second-order valence-electron chi connectivity index (χ2n) is 3.84. The lowest BCUT2D eigenvalue weighted by molar-refractivity contribution is 0.599. The summed E-state index contributed by atoms with van der Waals surface area (Å²) in [6.07, 6.45) is 6.80. The average molecular weight is 230 g/mol. The van der Waals surface area contributed by atoms with Gasteiger partial charge in [0, 0.05) is 13.0 Å². The Morgan fingerprint density at radius 2 is 2.12 bits per heavy atom. The highest BCUT2D eigenvalue weighted by molar-refractivity contribution is 5.80. The second kappa shape index (κ2) is 5.25. The quantitative estimate of drug-likeness (QED) is 0.785. The van der Waals surface area contributed by atoms with E-state index in [1.54, 1.807) is 6.33 Å². The van der Waals surface area contributed by atoms with Gasteiger partial charge in [0.1, 0.15) is 11.8 Å². The lowest BCUT2D eigenvalue weighted by Gasteiger charge is -2.02. The summed E-state index contributed by atoms with van der Waals surface area (Å²) in [5, 5.41) is 8.43. The normalized spacial score (nSPS) is 10.5. The largest absolute Gasteiger partial charge is 0.382 e. The fourth-order valence-corrected chi connectivity index (χ4v) is 1.73. The molecule has 2 aromatic rings. The first-order chi connectivity index (χ1) is 8.33. The number of hydrogen-bond acceptors (Lipinski definition) is 5. The molecular weight excluding hydrogens is 216 g/mol. The van der Waals surface area contributed by atoms with Gasteiger partial charge in [-0.3, -0.25) is 0 Å². The minimum atomic E-state index is 0.415. The summed E-state index contributed by atoms with van der Waals surface area (Å²) in [6, 6.07) is 2.14. The molecule has 0 fully saturated rings. The fraction of sp³-hybridized carbons (Fsp3) is 0.455. The predicted molar refractivity (Wildman–Crippen MR) is 63.8 cm³/mol. The van der Waals surface area contributed by atoms with E-state index in [-0.39, 0.29) is 0 Å². The number of rotatable bonds is 5. The smallest absolute Gasteiger partial charge is 0.165 e. The number of nitrogen functional groups attached to an aromatic ring is 1. The van der Waals surface area contributed by atoms with Gasteiger partial charge in [-0.25, -0.2) is 15.0 Å². The number of aromatic nitrogens is 4. The highest BCUT2D eigenvalue weighted by atomic mass is 15.1. The third-order valence-corrected chi connectivity index (χ3v) is 2.62. The molecule has 6 heteroatoms. The lowest BCUT2D eigenvalue weighted by atomic mass is 10.2. The molecule has 0 amide bonds. The van der Waals surface area contributed by atoms with E-state index in [0.29, 0.717) is 17.8 Å². The van der Waals surface area contributed by atoms with Crippen LogP contribution in [0.3, 0.4) is 0 Å². The summed E-state index contributed by atoms with van der Waals surface area (Å²) in [5.74, 6) is 0.415. The molecule has 2 rings (SSSR count). The van der Waals surface area contributed by atoms with Crippen LogP contribution in [0.1, 0.15) is 25.7 Å². The Morgan fingerprint density at radius 1 is 1.24 bits per heavy atom. The molecule has 88 valence electrons. The highest BCUT2D eigenvalue weighted by Crippen LogP contribution is 2.14. The Hall–Kier alpha value is -2.16. The van der Waals surface area contributed by atoms with E-state index in [2.05, 4.69) is 21.0 Å². The van der Waals surface area contributed by atoms with Crippen LogP contribution < -0.4 is 5.73 Å². The molecule has 0 unspecified atom stereocenters. The number of nitriles is 1. The minimum Gasteiger partial charge on any atom is -0.382 e. The molecule has 0 aliphatic heterocycles. The van der Waals surface area contributed by atoms with Crippen molar-refractivity contribution >= 4 is 17.0 Å². The Bertz CT molecular complexity index is 538. The Kier molecular flexibility index (Phi) is 3.50. The maximum Gasteiger partial charge on any atom is 0.165 e. The maximum atomic E-state index is 8.43. The number of unbranched alkanes of at least 4 members (excludes halogenated alkanes) is 3. The monoisotopic (exact) mass is 230 g/mol. The lowest BCUT2D eigenvalue weighted by Crippen LogP contribution is -1.99. The number of hydrogen-bond donors (Lipinski definition) is 1. The van der Waals surface area contributed by atoms with Gasteiger partial charge in [0.2, 0.25) is 0 Å². The standard InChI is InChI=1S/C11H14N6/c12-5-3-1-2-4-6-17-8-16-9-10(13)14-7-15-11(9)17/h7-8H,1-4,6H2,(H2,13,14,15). The van der Waals surface area contributed by atoms with Gasteiger partial charge in [0.05, 0.1) is 12.4 Å². The van der Waals surface area contributed by atoms with Crippen LogP contribution in [-0.2, 0) is 6.54 Å². The number of aryl methyl sites for hydroxylation is 1. The zero-order valence-electron chi connectivity index (χ0n) is 9.50. The summed E-state index contributed by atoms with van der Waals surface area (Å²) in [5.41, 5.74) is 7.13. The summed E-state index contributed by atoms with van der Waals surface area (Å²) in [6.45, 7) is 0.846. The van der Waals surface area contributed by atoms with Crippen LogP contribution in [0.5, 0.6) is 0 Å². The predicted octanol–water partition coefficient (Wildman–Crippen LogP) is 1.49. The van der Waals surface area contributed by atoms with Crippen LogP contribution >= 0.6 is 0 Å². The molecule has 0 spiro atoms. The molecule has 0 aliphatic rings. The summed E-state index contributed by atoms with van der Waals surface area (Å²) >= 11 is 0. The molecule has 0 atom stereocenters. The molecule has 6 nitrogen and oxygen atoms in total. The third-order valence-electron chi connectivity index (χ3n) is 2.62. The fourth-order valence-electron chi connectivity index (χ4n) is 1.73. The molecule has 0 saturated heterocycles. The zero-order chi connectivity index (χ0) is 12.1. The van der Waals surface area contributed by atoms with Crippen LogP contribution in [0.15, 0.2) is 12.7 Å². The van der Waals surface area contributed by atoms with Crippen molar-refractivity contribution in [2.75, 3.05) is 5.73 Å². The number of anilines is 1. The van der Waals surface area contributed by atoms with Crippen molar-refractivity contribution in [3.05, 3.63) is 12.7 Å². The summed E-state index contributed by atoms with van der Waals surface area (Å²) in [4.78, 5) is 12.3. The number of imidazole rings is 1. The van der Waals surface area contributed by atoms with Crippen molar-refractivity contribution in [1.29, 1.82) is 5.26 Å². The van der Waals surface area contributed by atoms with E-state index in [0.717, 1.165) is 31.5 Å². The number of nitrogens with zero attached hydrogens (tertiary/aromatic N) is 5. The molecule has 0 radical (unpaired) electrons. The number of fused-ring (bicyclic) bond motifs is 1. The first-order valence-electron chi connectivity index (χ1n) is 5.61. The van der Waals surface area contributed by atoms with Crippen LogP contribution in [0, 0.1) is 11.3 Å². The van der Waals surface area contributed by atoms with Gasteiger partial charge in [-0.05, 0) is 12.8 Å². The topological polar surface area (TPSA) is 93.4 Å². The molecular formula is C11H14N6. The second-order valence-corrected chi connectivity index (χ2v) is 3.84. The van der Waals surface area contributed by atoms with E-state index < -0.39 is 0 Å². The first kappa shape index (κ1) is 11.3. The Balaban J connectivity index is 2.00. The zero-order valence-corrected chi connectivity index (χ0v) is 9.50. The van der Waals surface area contributed by atoms with Gasteiger partial charge < -0.3 is 10.3 Å². The van der Waals surface area contributed by atoms with Crippen molar-refractivity contribution in [3.63, 3.8) is 0 Å². The van der Waals surface area contributed by atoms with E-state index in [1.165, 1.54) is 6.33 Å². The number of nitrogens with two attached hydrogens (primary N) is 1. The van der Waals surface area contributed by atoms with Crippen LogP contribution in [-0.4, -0.2) is 19.5 Å². The molecule has 0 bridgehead atoms. The third kappa shape index (κ3) is 2.50. The Morgan fingerprint density at radius 3 is 2.94 bits per heavy atom.